The van der Waals surface area contributed by atoms with Crippen LogP contribution in [0.3, 0.4) is 0 Å². The Labute approximate surface area is 421 Å². The quantitative estimate of drug-likeness (QED) is 0.0262. The van der Waals surface area contributed by atoms with E-state index in [2.05, 4.69) is 81.5 Å². The van der Waals surface area contributed by atoms with Gasteiger partial charge in [-0.05, 0) is 83.5 Å². The molecule has 0 fully saturated rings. The number of hydrogen-bond acceptors (Lipinski definition) is 6. The third-order valence-electron chi connectivity index (χ3n) is 12.8. The highest BCUT2D eigenvalue weighted by Crippen LogP contribution is 2.16. The minimum absolute atomic E-state index is 0.0834. The van der Waals surface area contributed by atoms with Crippen molar-refractivity contribution in [1.29, 1.82) is 0 Å². The summed E-state index contributed by atoms with van der Waals surface area (Å²) in [6, 6.07) is 0. The van der Waals surface area contributed by atoms with Crippen LogP contribution in [-0.4, -0.2) is 37.2 Å². The fourth-order valence-corrected chi connectivity index (χ4v) is 8.37. The predicted octanol–water partition coefficient (Wildman–Crippen LogP) is 19.6. The lowest BCUT2D eigenvalue weighted by molar-refractivity contribution is -0.167. The van der Waals surface area contributed by atoms with Gasteiger partial charge in [0.2, 0.25) is 0 Å². The molecule has 68 heavy (non-hydrogen) atoms. The maximum Gasteiger partial charge on any atom is 0.306 e. The van der Waals surface area contributed by atoms with Crippen LogP contribution < -0.4 is 0 Å². The molecule has 0 aliphatic rings. The van der Waals surface area contributed by atoms with Crippen LogP contribution in [0.1, 0.15) is 297 Å². The smallest absolute Gasteiger partial charge is 0.306 e. The van der Waals surface area contributed by atoms with Gasteiger partial charge in [-0.2, -0.15) is 0 Å². The Morgan fingerprint density at radius 1 is 0.309 bits per heavy atom. The Bertz CT molecular complexity index is 1230. The van der Waals surface area contributed by atoms with Crippen molar-refractivity contribution in [2.24, 2.45) is 0 Å². The minimum Gasteiger partial charge on any atom is -0.462 e. The fourth-order valence-electron chi connectivity index (χ4n) is 8.37. The SMILES string of the molecule is CC/C=C\C/C=C\C/C=C\CCCCCCCC(=O)OC(COC(=O)CCCCCCC/C=C\C/C=C\CCCCC)COC(=O)CCCCCCCCCCCCCCCCCCCCCC. The van der Waals surface area contributed by atoms with Crippen molar-refractivity contribution < 1.29 is 28.6 Å². The molecule has 0 heterocycles. The highest BCUT2D eigenvalue weighted by Gasteiger charge is 2.19. The van der Waals surface area contributed by atoms with Crippen molar-refractivity contribution in [1.82, 2.24) is 0 Å². The molecule has 0 aromatic heterocycles. The largest absolute Gasteiger partial charge is 0.462 e. The first-order valence-corrected chi connectivity index (χ1v) is 29.3. The van der Waals surface area contributed by atoms with Gasteiger partial charge in [0, 0.05) is 19.3 Å². The predicted molar refractivity (Wildman–Crippen MR) is 293 cm³/mol. The van der Waals surface area contributed by atoms with Crippen LogP contribution in [0.25, 0.3) is 0 Å². The molecule has 0 aromatic carbocycles. The molecule has 394 valence electrons. The van der Waals surface area contributed by atoms with Crippen molar-refractivity contribution >= 4 is 17.9 Å². The zero-order chi connectivity index (χ0) is 49.3. The zero-order valence-electron chi connectivity index (χ0n) is 45.1. The normalized spacial score (nSPS) is 12.5. The summed E-state index contributed by atoms with van der Waals surface area (Å²) in [4.78, 5) is 38.2. The van der Waals surface area contributed by atoms with E-state index in [9.17, 15) is 14.4 Å². The van der Waals surface area contributed by atoms with Gasteiger partial charge in [-0.1, -0.05) is 255 Å². The molecule has 0 radical (unpaired) electrons. The summed E-state index contributed by atoms with van der Waals surface area (Å²) < 4.78 is 16.9. The molecule has 0 amide bonds. The van der Waals surface area contributed by atoms with Gasteiger partial charge >= 0.3 is 17.9 Å². The molecule has 6 nitrogen and oxygen atoms in total. The van der Waals surface area contributed by atoms with Crippen LogP contribution in [0.2, 0.25) is 0 Å². The highest BCUT2D eigenvalue weighted by molar-refractivity contribution is 5.71. The second kappa shape index (κ2) is 56.7. The average molecular weight is 952 g/mol. The van der Waals surface area contributed by atoms with Crippen LogP contribution in [0.5, 0.6) is 0 Å². The first kappa shape index (κ1) is 65.1. The molecule has 0 aromatic rings. The molecule has 0 bridgehead atoms. The number of carbonyl (C=O) groups is 3. The van der Waals surface area contributed by atoms with Crippen molar-refractivity contribution in [2.45, 2.75) is 303 Å². The second-order valence-corrected chi connectivity index (χ2v) is 19.5. The number of allylic oxidation sites excluding steroid dienone is 10. The average Bonchev–Trinajstić information content (AvgIpc) is 3.34. The number of unbranched alkanes of at least 4 members (excludes halogenated alkanes) is 32. The van der Waals surface area contributed by atoms with E-state index in [4.69, 9.17) is 14.2 Å². The summed E-state index contributed by atoms with van der Waals surface area (Å²) in [5.74, 6) is -0.902. The second-order valence-electron chi connectivity index (χ2n) is 19.5. The maximum absolute atomic E-state index is 12.8. The molecule has 0 N–H and O–H groups in total. The first-order chi connectivity index (χ1) is 33.5. The summed E-state index contributed by atoms with van der Waals surface area (Å²) in [7, 11) is 0. The van der Waals surface area contributed by atoms with E-state index in [0.717, 1.165) is 116 Å². The number of carbonyl (C=O) groups excluding carboxylic acids is 3. The fraction of sp³-hybridized carbons (Fsp3) is 0.790. The van der Waals surface area contributed by atoms with Gasteiger partial charge in [0.15, 0.2) is 6.10 Å². The van der Waals surface area contributed by atoms with Crippen LogP contribution in [0, 0.1) is 0 Å². The van der Waals surface area contributed by atoms with Gasteiger partial charge in [0.25, 0.3) is 0 Å². The van der Waals surface area contributed by atoms with Crippen molar-refractivity contribution in [3.63, 3.8) is 0 Å². The van der Waals surface area contributed by atoms with Gasteiger partial charge in [-0.3, -0.25) is 14.4 Å². The molecule has 0 aliphatic heterocycles. The Morgan fingerprint density at radius 2 is 0.574 bits per heavy atom. The lowest BCUT2D eigenvalue weighted by Crippen LogP contribution is -2.30. The lowest BCUT2D eigenvalue weighted by Gasteiger charge is -2.18. The standard InChI is InChI=1S/C62H110O6/c1-4-7-10-13-16-19-22-25-28-29-30-31-32-35-37-40-43-46-49-52-55-61(64)67-58-59(68-62(65)56-53-50-47-44-41-38-34-27-24-21-18-15-12-9-6-3)57-66-60(63)54-51-48-45-42-39-36-33-26-23-20-17-14-11-8-5-2/h9,12,17-18,20-21,26-27,33-34,59H,4-8,10-11,13-16,19,22-25,28-32,35-58H2,1-3H3/b12-9-,20-17-,21-18-,33-26-,34-27-. The summed E-state index contributed by atoms with van der Waals surface area (Å²) in [6.07, 6.45) is 70.7. The molecular formula is C62H110O6. The number of hydrogen-bond donors (Lipinski definition) is 0. The van der Waals surface area contributed by atoms with Crippen molar-refractivity contribution in [3.8, 4) is 0 Å². The summed E-state index contributed by atoms with van der Waals surface area (Å²) in [6.45, 7) is 6.51. The Morgan fingerprint density at radius 3 is 0.926 bits per heavy atom. The van der Waals surface area contributed by atoms with E-state index in [1.54, 1.807) is 0 Å². The van der Waals surface area contributed by atoms with Crippen molar-refractivity contribution in [2.75, 3.05) is 13.2 Å². The van der Waals surface area contributed by atoms with Gasteiger partial charge in [-0.15, -0.1) is 0 Å². The van der Waals surface area contributed by atoms with E-state index < -0.39 is 6.10 Å². The topological polar surface area (TPSA) is 78.9 Å². The van der Waals surface area contributed by atoms with E-state index in [1.165, 1.54) is 141 Å². The van der Waals surface area contributed by atoms with E-state index >= 15 is 0 Å². The number of rotatable bonds is 53. The summed E-state index contributed by atoms with van der Waals surface area (Å²) in [5.41, 5.74) is 0. The van der Waals surface area contributed by atoms with Gasteiger partial charge in [0.05, 0.1) is 0 Å². The molecule has 0 saturated heterocycles. The molecule has 0 rings (SSSR count). The van der Waals surface area contributed by atoms with Crippen LogP contribution in [0.4, 0.5) is 0 Å². The van der Waals surface area contributed by atoms with Crippen LogP contribution in [-0.2, 0) is 28.6 Å². The lowest BCUT2D eigenvalue weighted by atomic mass is 10.0. The molecule has 1 atom stereocenters. The van der Waals surface area contributed by atoms with E-state index in [0.29, 0.717) is 19.3 Å². The van der Waals surface area contributed by atoms with Gasteiger partial charge in [-0.25, -0.2) is 0 Å². The molecule has 6 heteroatoms. The minimum atomic E-state index is -0.788. The highest BCUT2D eigenvalue weighted by atomic mass is 16.6. The maximum atomic E-state index is 12.8. The number of ether oxygens (including phenoxy) is 3. The Balaban J connectivity index is 4.36. The van der Waals surface area contributed by atoms with Gasteiger partial charge < -0.3 is 14.2 Å². The molecule has 0 spiro atoms. The Hall–Kier alpha value is -2.89. The Kier molecular flexibility index (Phi) is 54.3. The van der Waals surface area contributed by atoms with Crippen molar-refractivity contribution in [3.05, 3.63) is 60.8 Å². The molecule has 1 unspecified atom stereocenters. The van der Waals surface area contributed by atoms with E-state index in [-0.39, 0.29) is 31.1 Å². The third kappa shape index (κ3) is 54.1. The van der Waals surface area contributed by atoms with Crippen LogP contribution in [0.15, 0.2) is 60.8 Å². The van der Waals surface area contributed by atoms with E-state index in [1.807, 2.05) is 0 Å². The van der Waals surface area contributed by atoms with Gasteiger partial charge in [0.1, 0.15) is 13.2 Å². The summed E-state index contributed by atoms with van der Waals surface area (Å²) in [5, 5.41) is 0. The first-order valence-electron chi connectivity index (χ1n) is 29.3. The third-order valence-corrected chi connectivity index (χ3v) is 12.8. The molecule has 0 aliphatic carbocycles. The zero-order valence-corrected chi connectivity index (χ0v) is 45.1. The molecular weight excluding hydrogens is 841 g/mol. The van der Waals surface area contributed by atoms with Crippen LogP contribution >= 0.6 is 0 Å². The monoisotopic (exact) mass is 951 g/mol. The molecule has 0 saturated carbocycles. The summed E-state index contributed by atoms with van der Waals surface area (Å²) >= 11 is 0. The number of esters is 3.